The summed E-state index contributed by atoms with van der Waals surface area (Å²) in [7, 11) is -3.81. The monoisotopic (exact) mass is 444 g/mol. The maximum atomic E-state index is 12.5. The molecule has 0 fully saturated rings. The maximum absolute atomic E-state index is 12.5. The molecule has 0 spiro atoms. The molecule has 0 saturated carbocycles. The topological polar surface area (TPSA) is 84.5 Å². The van der Waals surface area contributed by atoms with Gasteiger partial charge in [-0.15, -0.1) is 0 Å². The Morgan fingerprint density at radius 3 is 2.23 bits per heavy atom. The fourth-order valence-electron chi connectivity index (χ4n) is 2.83. The van der Waals surface area contributed by atoms with E-state index in [4.69, 9.17) is 16.3 Å². The number of benzene rings is 3. The predicted octanol–water partition coefficient (Wildman–Crippen LogP) is 4.78. The fraction of sp³-hybridized carbons (Fsp3) is 0.136. The fourth-order valence-corrected chi connectivity index (χ4v) is 4.15. The molecule has 0 atom stereocenters. The minimum absolute atomic E-state index is 0.0481. The molecule has 0 heterocycles. The van der Waals surface area contributed by atoms with Gasteiger partial charge in [0.1, 0.15) is 5.75 Å². The number of sulfonamides is 1. The molecule has 3 rings (SSSR count). The Morgan fingerprint density at radius 2 is 1.60 bits per heavy atom. The van der Waals surface area contributed by atoms with Crippen LogP contribution >= 0.6 is 11.6 Å². The van der Waals surface area contributed by atoms with E-state index >= 15 is 0 Å². The Morgan fingerprint density at radius 1 is 0.967 bits per heavy atom. The molecule has 8 heteroatoms. The Bertz CT molecular complexity index is 1140. The van der Waals surface area contributed by atoms with Gasteiger partial charge in [-0.3, -0.25) is 9.52 Å². The average molecular weight is 445 g/mol. The van der Waals surface area contributed by atoms with Crippen LogP contribution in [0.25, 0.3) is 0 Å². The summed E-state index contributed by atoms with van der Waals surface area (Å²) < 4.78 is 33.0. The molecule has 0 aromatic heterocycles. The van der Waals surface area contributed by atoms with Gasteiger partial charge in [-0.25, -0.2) is 8.42 Å². The van der Waals surface area contributed by atoms with Crippen LogP contribution in [0.3, 0.4) is 0 Å². The van der Waals surface area contributed by atoms with E-state index in [2.05, 4.69) is 10.0 Å². The van der Waals surface area contributed by atoms with Crippen LogP contribution in [-0.2, 0) is 14.8 Å². The zero-order chi connectivity index (χ0) is 21.7. The first-order chi connectivity index (χ1) is 14.2. The summed E-state index contributed by atoms with van der Waals surface area (Å²) in [5.41, 5.74) is 2.85. The first kappa shape index (κ1) is 21.7. The van der Waals surface area contributed by atoms with Gasteiger partial charge >= 0.3 is 0 Å². The second kappa shape index (κ2) is 9.19. The number of aryl methyl sites for hydroxylation is 2. The highest BCUT2D eigenvalue weighted by Gasteiger charge is 2.16. The number of amides is 1. The minimum atomic E-state index is -3.81. The van der Waals surface area contributed by atoms with E-state index < -0.39 is 10.0 Å². The van der Waals surface area contributed by atoms with Crippen molar-refractivity contribution in [3.8, 4) is 5.75 Å². The first-order valence-electron chi connectivity index (χ1n) is 9.11. The third-order valence-corrected chi connectivity index (χ3v) is 5.84. The van der Waals surface area contributed by atoms with Crippen LogP contribution in [0, 0.1) is 13.8 Å². The van der Waals surface area contributed by atoms with E-state index in [-0.39, 0.29) is 17.4 Å². The molecule has 3 aromatic carbocycles. The molecule has 0 aliphatic heterocycles. The minimum Gasteiger partial charge on any atom is -0.484 e. The van der Waals surface area contributed by atoms with Crippen LogP contribution in [0.1, 0.15) is 11.1 Å². The molecular formula is C22H21ClN2O4S. The maximum Gasteiger partial charge on any atom is 0.262 e. The van der Waals surface area contributed by atoms with Gasteiger partial charge in [0.2, 0.25) is 0 Å². The number of hydrogen-bond donors (Lipinski definition) is 2. The number of anilines is 2. The second-order valence-corrected chi connectivity index (χ2v) is 8.86. The van der Waals surface area contributed by atoms with Crippen molar-refractivity contribution in [1.82, 2.24) is 0 Å². The van der Waals surface area contributed by atoms with Crippen molar-refractivity contribution in [2.45, 2.75) is 18.7 Å². The van der Waals surface area contributed by atoms with Crippen molar-refractivity contribution in [3.63, 3.8) is 0 Å². The second-order valence-electron chi connectivity index (χ2n) is 6.77. The summed E-state index contributed by atoms with van der Waals surface area (Å²) in [6.07, 6.45) is 0. The lowest BCUT2D eigenvalue weighted by Gasteiger charge is -2.11. The van der Waals surface area contributed by atoms with E-state index in [0.717, 1.165) is 11.1 Å². The Labute approximate surface area is 180 Å². The summed E-state index contributed by atoms with van der Waals surface area (Å²) in [5, 5.41) is 2.98. The van der Waals surface area contributed by atoms with Crippen LogP contribution in [0.15, 0.2) is 71.6 Å². The van der Waals surface area contributed by atoms with Crippen molar-refractivity contribution in [2.24, 2.45) is 0 Å². The molecule has 1 amide bonds. The molecule has 0 saturated heterocycles. The molecule has 0 unspecified atom stereocenters. The van der Waals surface area contributed by atoms with Crippen molar-refractivity contribution >= 4 is 38.9 Å². The van der Waals surface area contributed by atoms with Crippen molar-refractivity contribution in [3.05, 3.63) is 82.9 Å². The van der Waals surface area contributed by atoms with E-state index in [9.17, 15) is 13.2 Å². The molecule has 0 aliphatic rings. The van der Waals surface area contributed by atoms with Gasteiger partial charge in [0.15, 0.2) is 6.61 Å². The summed E-state index contributed by atoms with van der Waals surface area (Å²) in [5.74, 6) is 0.272. The van der Waals surface area contributed by atoms with Crippen molar-refractivity contribution < 1.29 is 17.9 Å². The molecule has 6 nitrogen and oxygen atoms in total. The van der Waals surface area contributed by atoms with Gasteiger partial charge in [0.25, 0.3) is 15.9 Å². The molecule has 2 N–H and O–H groups in total. The lowest BCUT2D eigenvalue weighted by molar-refractivity contribution is -0.118. The lowest BCUT2D eigenvalue weighted by atomic mass is 10.1. The number of rotatable bonds is 7. The van der Waals surface area contributed by atoms with Gasteiger partial charge in [0, 0.05) is 5.69 Å². The van der Waals surface area contributed by atoms with E-state index in [1.807, 2.05) is 32.0 Å². The first-order valence-corrected chi connectivity index (χ1v) is 11.0. The normalized spacial score (nSPS) is 11.0. The molecular weight excluding hydrogens is 424 g/mol. The number of para-hydroxylation sites is 1. The predicted molar refractivity (Wildman–Crippen MR) is 119 cm³/mol. The standard InChI is InChI=1S/C22H21ClN2O4S/c1-15-11-16(2)13-18(12-15)29-14-22(26)24-17-7-9-19(10-8-17)30(27,28)25-21-6-4-3-5-20(21)23/h3-13,25H,14H2,1-2H3,(H,24,26). The number of carbonyl (C=O) groups is 1. The van der Waals surface area contributed by atoms with Crippen LogP contribution in [-0.4, -0.2) is 20.9 Å². The van der Waals surface area contributed by atoms with Crippen LogP contribution < -0.4 is 14.8 Å². The molecule has 3 aromatic rings. The summed E-state index contributed by atoms with van der Waals surface area (Å²) in [6.45, 7) is 3.75. The smallest absolute Gasteiger partial charge is 0.262 e. The number of hydrogen-bond acceptors (Lipinski definition) is 4. The summed E-state index contributed by atoms with van der Waals surface area (Å²) in [6, 6.07) is 18.1. The summed E-state index contributed by atoms with van der Waals surface area (Å²) >= 11 is 6.01. The molecule has 0 bridgehead atoms. The Kier molecular flexibility index (Phi) is 6.64. The number of carbonyl (C=O) groups excluding carboxylic acids is 1. The highest BCUT2D eigenvalue weighted by Crippen LogP contribution is 2.24. The van der Waals surface area contributed by atoms with Crippen LogP contribution in [0.2, 0.25) is 5.02 Å². The highest BCUT2D eigenvalue weighted by molar-refractivity contribution is 7.92. The average Bonchev–Trinajstić information content (AvgIpc) is 2.68. The van der Waals surface area contributed by atoms with Gasteiger partial charge in [-0.1, -0.05) is 29.8 Å². The van der Waals surface area contributed by atoms with Gasteiger partial charge in [-0.2, -0.15) is 0 Å². The number of nitrogens with one attached hydrogen (secondary N) is 2. The largest absolute Gasteiger partial charge is 0.484 e. The van der Waals surface area contributed by atoms with Crippen LogP contribution in [0.4, 0.5) is 11.4 Å². The number of ether oxygens (including phenoxy) is 1. The highest BCUT2D eigenvalue weighted by atomic mass is 35.5. The third kappa shape index (κ3) is 5.75. The van der Waals surface area contributed by atoms with Crippen molar-refractivity contribution in [1.29, 1.82) is 0 Å². The molecule has 0 radical (unpaired) electrons. The van der Waals surface area contributed by atoms with E-state index in [1.54, 1.807) is 24.3 Å². The lowest BCUT2D eigenvalue weighted by Crippen LogP contribution is -2.20. The molecule has 156 valence electrons. The zero-order valence-electron chi connectivity index (χ0n) is 16.5. The van der Waals surface area contributed by atoms with E-state index in [1.165, 1.54) is 24.3 Å². The van der Waals surface area contributed by atoms with Crippen LogP contribution in [0.5, 0.6) is 5.75 Å². The quantitative estimate of drug-likeness (QED) is 0.549. The van der Waals surface area contributed by atoms with Gasteiger partial charge in [0.05, 0.1) is 15.6 Å². The van der Waals surface area contributed by atoms with Crippen molar-refractivity contribution in [2.75, 3.05) is 16.6 Å². The Balaban J connectivity index is 1.61. The third-order valence-electron chi connectivity index (χ3n) is 4.13. The Hall–Kier alpha value is -3.03. The SMILES string of the molecule is Cc1cc(C)cc(OCC(=O)Nc2ccc(S(=O)(=O)Nc3ccccc3Cl)cc2)c1. The van der Waals surface area contributed by atoms with E-state index in [0.29, 0.717) is 22.1 Å². The number of halogens is 1. The molecule has 0 aliphatic carbocycles. The summed E-state index contributed by atoms with van der Waals surface area (Å²) in [4.78, 5) is 12.2. The van der Waals surface area contributed by atoms with Gasteiger partial charge in [-0.05, 0) is 73.5 Å². The zero-order valence-corrected chi connectivity index (χ0v) is 18.0. The van der Waals surface area contributed by atoms with Gasteiger partial charge < -0.3 is 10.1 Å². The molecule has 30 heavy (non-hydrogen) atoms.